The van der Waals surface area contributed by atoms with Crippen LogP contribution in [0.1, 0.15) is 30.9 Å². The van der Waals surface area contributed by atoms with E-state index in [1.807, 2.05) is 42.5 Å². The second kappa shape index (κ2) is 7.23. The van der Waals surface area contributed by atoms with Crippen molar-refractivity contribution in [2.75, 3.05) is 21.9 Å². The van der Waals surface area contributed by atoms with Crippen LogP contribution in [0.2, 0.25) is 0 Å². The van der Waals surface area contributed by atoms with Crippen molar-refractivity contribution in [1.29, 1.82) is 0 Å². The van der Waals surface area contributed by atoms with Crippen LogP contribution < -0.4 is 14.9 Å². The van der Waals surface area contributed by atoms with E-state index in [-0.39, 0.29) is 17.7 Å². The maximum atomic E-state index is 12.7. The monoisotopic (exact) mass is 385 g/mol. The Morgan fingerprint density at radius 2 is 1.74 bits per heavy atom. The van der Waals surface area contributed by atoms with Gasteiger partial charge in [0.05, 0.1) is 11.4 Å². The average Bonchev–Trinajstić information content (AvgIpc) is 3.41. The summed E-state index contributed by atoms with van der Waals surface area (Å²) in [6, 6.07) is 16.6. The Morgan fingerprint density at radius 1 is 1.04 bits per heavy atom. The molecule has 1 saturated carbocycles. The molecule has 1 atom stereocenters. The molecule has 0 spiro atoms. The molecule has 2 aliphatic rings. The first-order chi connectivity index (χ1) is 13.0. The molecule has 1 saturated heterocycles. The summed E-state index contributed by atoms with van der Waals surface area (Å²) < 4.78 is 25.6. The van der Waals surface area contributed by atoms with Gasteiger partial charge in [0.1, 0.15) is 6.04 Å². The van der Waals surface area contributed by atoms with Crippen molar-refractivity contribution >= 4 is 27.3 Å². The number of anilines is 2. The van der Waals surface area contributed by atoms with Crippen LogP contribution in [0, 0.1) is 0 Å². The second-order valence-corrected chi connectivity index (χ2v) is 9.07. The van der Waals surface area contributed by atoms with Gasteiger partial charge >= 0.3 is 0 Å². The molecule has 7 heteroatoms. The van der Waals surface area contributed by atoms with E-state index >= 15 is 0 Å². The van der Waals surface area contributed by atoms with E-state index in [4.69, 9.17) is 0 Å². The molecule has 1 aliphatic carbocycles. The van der Waals surface area contributed by atoms with Crippen LogP contribution in [0.4, 0.5) is 11.4 Å². The third kappa shape index (κ3) is 4.08. The van der Waals surface area contributed by atoms with Gasteiger partial charge in [0, 0.05) is 18.3 Å². The molecule has 1 amide bonds. The zero-order valence-corrected chi connectivity index (χ0v) is 15.8. The van der Waals surface area contributed by atoms with Gasteiger partial charge in [-0.05, 0) is 49.1 Å². The Morgan fingerprint density at radius 3 is 2.33 bits per heavy atom. The summed E-state index contributed by atoms with van der Waals surface area (Å²) in [6.45, 7) is 0.519. The van der Waals surface area contributed by atoms with Crippen molar-refractivity contribution in [3.63, 3.8) is 0 Å². The number of carbonyl (C=O) groups is 1. The van der Waals surface area contributed by atoms with Crippen LogP contribution in [-0.4, -0.2) is 32.7 Å². The van der Waals surface area contributed by atoms with E-state index in [0.29, 0.717) is 18.7 Å². The lowest BCUT2D eigenvalue weighted by molar-refractivity contribution is -0.122. The Hall–Kier alpha value is -2.54. The van der Waals surface area contributed by atoms with Gasteiger partial charge in [-0.15, -0.1) is 0 Å². The third-order valence-electron chi connectivity index (χ3n) is 4.88. The number of hydrogen-bond acceptors (Lipinski definition) is 4. The molecule has 4 rings (SSSR count). The maximum Gasteiger partial charge on any atom is 0.247 e. The molecule has 27 heavy (non-hydrogen) atoms. The van der Waals surface area contributed by atoms with Gasteiger partial charge in [-0.2, -0.15) is 0 Å². The topological polar surface area (TPSA) is 78.5 Å². The van der Waals surface area contributed by atoms with Crippen molar-refractivity contribution in [2.45, 2.75) is 31.3 Å². The molecule has 2 aromatic rings. The van der Waals surface area contributed by atoms with Crippen molar-refractivity contribution in [1.82, 2.24) is 5.32 Å². The fourth-order valence-corrected chi connectivity index (χ4v) is 4.84. The van der Waals surface area contributed by atoms with Crippen LogP contribution in [0.15, 0.2) is 54.6 Å². The molecule has 2 N–H and O–H groups in total. The quantitative estimate of drug-likeness (QED) is 0.801. The maximum absolute atomic E-state index is 12.7. The summed E-state index contributed by atoms with van der Waals surface area (Å²) in [5.74, 6) is 0.152. The fourth-order valence-electron chi connectivity index (χ4n) is 3.28. The zero-order chi connectivity index (χ0) is 18.9. The van der Waals surface area contributed by atoms with Crippen molar-refractivity contribution in [3.05, 3.63) is 60.2 Å². The van der Waals surface area contributed by atoms with Crippen molar-refractivity contribution < 1.29 is 13.2 Å². The van der Waals surface area contributed by atoms with Gasteiger partial charge in [0.25, 0.3) is 0 Å². The predicted molar refractivity (Wildman–Crippen MR) is 106 cm³/mol. The summed E-state index contributed by atoms with van der Waals surface area (Å²) in [4.78, 5) is 12.7. The summed E-state index contributed by atoms with van der Waals surface area (Å²) >= 11 is 0. The minimum Gasteiger partial charge on any atom is -0.370 e. The highest BCUT2D eigenvalue weighted by Crippen LogP contribution is 2.28. The normalized spacial score (nSPS) is 19.5. The number of benzene rings is 2. The Bertz CT molecular complexity index is 909. The van der Waals surface area contributed by atoms with Gasteiger partial charge in [-0.1, -0.05) is 30.3 Å². The smallest absolute Gasteiger partial charge is 0.247 e. The van der Waals surface area contributed by atoms with Crippen LogP contribution in [0.5, 0.6) is 0 Å². The molecule has 0 radical (unpaired) electrons. The average molecular weight is 385 g/mol. The van der Waals surface area contributed by atoms with Gasteiger partial charge in [-0.25, -0.2) is 8.42 Å². The summed E-state index contributed by atoms with van der Waals surface area (Å²) in [5.41, 5.74) is 2.33. The molecular weight excluding hydrogens is 362 g/mol. The molecule has 6 nitrogen and oxygen atoms in total. The number of rotatable bonds is 6. The van der Waals surface area contributed by atoms with E-state index < -0.39 is 16.1 Å². The Labute approximate surface area is 159 Å². The van der Waals surface area contributed by atoms with E-state index in [1.54, 1.807) is 12.1 Å². The lowest BCUT2D eigenvalue weighted by Crippen LogP contribution is -2.34. The first-order valence-electron chi connectivity index (χ1n) is 9.25. The zero-order valence-electron chi connectivity index (χ0n) is 15.0. The minimum atomic E-state index is -3.19. The molecule has 0 bridgehead atoms. The summed E-state index contributed by atoms with van der Waals surface area (Å²) in [7, 11) is -3.19. The first-order valence-corrected chi connectivity index (χ1v) is 10.9. The van der Waals surface area contributed by atoms with E-state index in [0.717, 1.165) is 24.1 Å². The Balaban J connectivity index is 1.53. The molecule has 142 valence electrons. The van der Waals surface area contributed by atoms with E-state index in [2.05, 4.69) is 10.6 Å². The predicted octanol–water partition coefficient (Wildman–Crippen LogP) is 2.66. The van der Waals surface area contributed by atoms with Gasteiger partial charge in [0.15, 0.2) is 0 Å². The number of sulfonamides is 1. The van der Waals surface area contributed by atoms with Gasteiger partial charge in [-0.3, -0.25) is 9.10 Å². The Kier molecular flexibility index (Phi) is 4.78. The third-order valence-corrected chi connectivity index (χ3v) is 6.75. The van der Waals surface area contributed by atoms with Gasteiger partial charge < -0.3 is 10.6 Å². The minimum absolute atomic E-state index is 0.0464. The summed E-state index contributed by atoms with van der Waals surface area (Å²) in [5, 5.41) is 6.34. The molecule has 2 aromatic carbocycles. The van der Waals surface area contributed by atoms with E-state index in [1.165, 1.54) is 4.31 Å². The first kappa shape index (κ1) is 17.9. The molecule has 0 aromatic heterocycles. The summed E-state index contributed by atoms with van der Waals surface area (Å²) in [6.07, 6.45) is 2.72. The fraction of sp³-hybridized carbons (Fsp3) is 0.350. The molecule has 1 heterocycles. The van der Waals surface area contributed by atoms with Crippen LogP contribution in [0.25, 0.3) is 0 Å². The van der Waals surface area contributed by atoms with Crippen LogP contribution in [-0.2, 0) is 14.8 Å². The van der Waals surface area contributed by atoms with Crippen molar-refractivity contribution in [3.8, 4) is 0 Å². The van der Waals surface area contributed by atoms with Crippen LogP contribution >= 0.6 is 0 Å². The number of hydrogen-bond donors (Lipinski definition) is 2. The highest BCUT2D eigenvalue weighted by atomic mass is 32.2. The standard InChI is InChI=1S/C20H23N3O3S/c24-20(22-17-7-8-17)19(15-5-2-1-3-6-15)21-16-9-11-18(12-10-16)23-13-4-14-27(23,25)26/h1-3,5-6,9-12,17,19,21H,4,7-8,13-14H2,(H,22,24)/t19-/m1/s1. The van der Waals surface area contributed by atoms with Crippen LogP contribution in [0.3, 0.4) is 0 Å². The number of nitrogens with one attached hydrogen (secondary N) is 2. The van der Waals surface area contributed by atoms with E-state index in [9.17, 15) is 13.2 Å². The SMILES string of the molecule is O=C(NC1CC1)[C@H](Nc1ccc(N2CCCS2(=O)=O)cc1)c1ccccc1. The number of nitrogens with zero attached hydrogens (tertiary/aromatic N) is 1. The lowest BCUT2D eigenvalue weighted by Gasteiger charge is -2.21. The largest absolute Gasteiger partial charge is 0.370 e. The van der Waals surface area contributed by atoms with Crippen molar-refractivity contribution in [2.24, 2.45) is 0 Å². The molecule has 1 aliphatic heterocycles. The molecular formula is C20H23N3O3S. The number of amides is 1. The highest BCUT2D eigenvalue weighted by molar-refractivity contribution is 7.93. The molecule has 2 fully saturated rings. The molecule has 0 unspecified atom stereocenters. The second-order valence-electron chi connectivity index (χ2n) is 7.06. The van der Waals surface area contributed by atoms with Gasteiger partial charge in [0.2, 0.25) is 15.9 Å². The highest BCUT2D eigenvalue weighted by Gasteiger charge is 2.29. The number of carbonyl (C=O) groups excluding carboxylic acids is 1. The lowest BCUT2D eigenvalue weighted by atomic mass is 10.1.